The average Bonchev–Trinajstić information content (AvgIpc) is 2.99. The number of hydrogen-bond donors (Lipinski definition) is 2. The highest BCUT2D eigenvalue weighted by molar-refractivity contribution is 5.03. The monoisotopic (exact) mass is 238 g/mol. The zero-order valence-corrected chi connectivity index (χ0v) is 11.0. The maximum absolute atomic E-state index is 9.76. The van der Waals surface area contributed by atoms with Crippen molar-refractivity contribution in [2.45, 2.75) is 37.6 Å². The normalized spacial score (nSPS) is 37.1. The Morgan fingerprint density at radius 1 is 1.18 bits per heavy atom. The molecule has 0 spiro atoms. The van der Waals surface area contributed by atoms with Crippen molar-refractivity contribution in [2.24, 2.45) is 17.8 Å². The van der Waals surface area contributed by atoms with Crippen molar-refractivity contribution >= 4 is 0 Å². The minimum absolute atomic E-state index is 0.0152. The van der Waals surface area contributed by atoms with Crippen LogP contribution in [-0.2, 0) is 0 Å². The molecule has 3 heteroatoms. The standard InChI is InChI=1S/C14H26N2O/c1-15-14(10-17,13-5-6-13)9-16-7-11-3-2-4-12(11)8-16/h11-13,15,17H,2-10H2,1H3. The lowest BCUT2D eigenvalue weighted by molar-refractivity contribution is 0.104. The Bertz CT molecular complexity index is 261. The van der Waals surface area contributed by atoms with E-state index < -0.39 is 0 Å². The molecule has 2 aliphatic carbocycles. The van der Waals surface area contributed by atoms with Crippen molar-refractivity contribution in [1.29, 1.82) is 0 Å². The minimum Gasteiger partial charge on any atom is -0.394 e. The van der Waals surface area contributed by atoms with Crippen LogP contribution in [0.3, 0.4) is 0 Å². The van der Waals surface area contributed by atoms with E-state index in [1.807, 2.05) is 7.05 Å². The first-order valence-corrected chi connectivity index (χ1v) is 7.29. The van der Waals surface area contributed by atoms with Crippen molar-refractivity contribution in [3.63, 3.8) is 0 Å². The fraction of sp³-hybridized carbons (Fsp3) is 1.00. The number of likely N-dealkylation sites (N-methyl/N-ethyl adjacent to an activating group) is 1. The molecule has 0 amide bonds. The summed E-state index contributed by atoms with van der Waals surface area (Å²) in [5.74, 6) is 2.63. The van der Waals surface area contributed by atoms with E-state index in [2.05, 4.69) is 10.2 Å². The van der Waals surface area contributed by atoms with Gasteiger partial charge in [-0.1, -0.05) is 6.42 Å². The van der Waals surface area contributed by atoms with E-state index in [0.717, 1.165) is 18.4 Å². The molecule has 1 aliphatic heterocycles. The summed E-state index contributed by atoms with van der Waals surface area (Å²) in [5, 5.41) is 13.2. The molecule has 3 fully saturated rings. The van der Waals surface area contributed by atoms with Crippen LogP contribution in [0.25, 0.3) is 0 Å². The van der Waals surface area contributed by atoms with Crippen LogP contribution < -0.4 is 5.32 Å². The molecule has 0 radical (unpaired) electrons. The molecule has 3 unspecified atom stereocenters. The minimum atomic E-state index is -0.0152. The molecular weight excluding hydrogens is 212 g/mol. The molecule has 0 aromatic heterocycles. The van der Waals surface area contributed by atoms with Gasteiger partial charge in [-0.3, -0.25) is 0 Å². The van der Waals surface area contributed by atoms with Crippen LogP contribution in [0.2, 0.25) is 0 Å². The molecule has 17 heavy (non-hydrogen) atoms. The molecule has 0 aromatic carbocycles. The lowest BCUT2D eigenvalue weighted by Crippen LogP contribution is -2.56. The Balaban J connectivity index is 1.62. The van der Waals surface area contributed by atoms with E-state index >= 15 is 0 Å². The number of aliphatic hydroxyl groups is 1. The third kappa shape index (κ3) is 2.13. The average molecular weight is 238 g/mol. The number of rotatable bonds is 5. The highest BCUT2D eigenvalue weighted by Gasteiger charge is 2.46. The Morgan fingerprint density at radius 2 is 1.82 bits per heavy atom. The summed E-state index contributed by atoms with van der Waals surface area (Å²) in [6.07, 6.45) is 6.92. The summed E-state index contributed by atoms with van der Waals surface area (Å²) in [6.45, 7) is 3.90. The molecule has 0 aromatic rings. The highest BCUT2D eigenvalue weighted by atomic mass is 16.3. The summed E-state index contributed by atoms with van der Waals surface area (Å²) in [5.41, 5.74) is -0.0152. The molecule has 1 saturated heterocycles. The van der Waals surface area contributed by atoms with Crippen LogP contribution in [0.4, 0.5) is 0 Å². The van der Waals surface area contributed by atoms with Crippen LogP contribution in [0.15, 0.2) is 0 Å². The summed E-state index contributed by atoms with van der Waals surface area (Å²) in [6, 6.07) is 0. The van der Waals surface area contributed by atoms with Crippen molar-refractivity contribution in [2.75, 3.05) is 33.3 Å². The lowest BCUT2D eigenvalue weighted by atomic mass is 9.93. The number of nitrogens with zero attached hydrogens (tertiary/aromatic N) is 1. The second-order valence-electron chi connectivity index (χ2n) is 6.48. The molecule has 1 heterocycles. The van der Waals surface area contributed by atoms with E-state index in [0.29, 0.717) is 12.5 Å². The van der Waals surface area contributed by atoms with Crippen molar-refractivity contribution in [3.8, 4) is 0 Å². The first-order valence-electron chi connectivity index (χ1n) is 7.29. The van der Waals surface area contributed by atoms with E-state index in [-0.39, 0.29) is 5.54 Å². The topological polar surface area (TPSA) is 35.5 Å². The number of hydrogen-bond acceptors (Lipinski definition) is 3. The van der Waals surface area contributed by atoms with Crippen LogP contribution in [0, 0.1) is 17.8 Å². The van der Waals surface area contributed by atoms with E-state index in [1.165, 1.54) is 45.2 Å². The second kappa shape index (κ2) is 4.52. The second-order valence-corrected chi connectivity index (χ2v) is 6.48. The quantitative estimate of drug-likeness (QED) is 0.752. The molecule has 0 bridgehead atoms. The Labute approximate surface area is 105 Å². The van der Waals surface area contributed by atoms with E-state index in [1.54, 1.807) is 0 Å². The number of fused-ring (bicyclic) bond motifs is 1. The van der Waals surface area contributed by atoms with Gasteiger partial charge in [-0.2, -0.15) is 0 Å². The van der Waals surface area contributed by atoms with Gasteiger partial charge in [0.25, 0.3) is 0 Å². The maximum atomic E-state index is 9.76. The van der Waals surface area contributed by atoms with Crippen LogP contribution >= 0.6 is 0 Å². The van der Waals surface area contributed by atoms with Crippen molar-refractivity contribution in [3.05, 3.63) is 0 Å². The first-order chi connectivity index (χ1) is 8.27. The van der Waals surface area contributed by atoms with Crippen LogP contribution in [0.1, 0.15) is 32.1 Å². The molecular formula is C14H26N2O. The van der Waals surface area contributed by atoms with Gasteiger partial charge in [-0.05, 0) is 50.5 Å². The van der Waals surface area contributed by atoms with Crippen LogP contribution in [-0.4, -0.2) is 48.8 Å². The number of nitrogens with one attached hydrogen (secondary N) is 1. The van der Waals surface area contributed by atoms with Gasteiger partial charge in [0.2, 0.25) is 0 Å². The summed E-state index contributed by atoms with van der Waals surface area (Å²) in [7, 11) is 2.02. The van der Waals surface area contributed by atoms with Gasteiger partial charge >= 0.3 is 0 Å². The molecule has 3 rings (SSSR count). The third-order valence-electron chi connectivity index (χ3n) is 5.45. The van der Waals surface area contributed by atoms with E-state index in [4.69, 9.17) is 0 Å². The molecule has 3 aliphatic rings. The SMILES string of the molecule is CNC(CO)(CN1CC2CCCC2C1)C1CC1. The fourth-order valence-electron chi connectivity index (χ4n) is 4.17. The van der Waals surface area contributed by atoms with Gasteiger partial charge in [-0.15, -0.1) is 0 Å². The Hall–Kier alpha value is -0.120. The molecule has 3 atom stereocenters. The zero-order valence-electron chi connectivity index (χ0n) is 11.0. The molecule has 98 valence electrons. The Morgan fingerprint density at radius 3 is 2.29 bits per heavy atom. The summed E-state index contributed by atoms with van der Waals surface area (Å²) < 4.78 is 0. The number of likely N-dealkylation sites (tertiary alicyclic amines) is 1. The predicted octanol–water partition coefficient (Wildman–Crippen LogP) is 1.08. The maximum Gasteiger partial charge on any atom is 0.0628 e. The number of aliphatic hydroxyl groups excluding tert-OH is 1. The molecule has 2 saturated carbocycles. The van der Waals surface area contributed by atoms with Gasteiger partial charge in [0.15, 0.2) is 0 Å². The van der Waals surface area contributed by atoms with Gasteiger partial charge in [0.1, 0.15) is 0 Å². The lowest BCUT2D eigenvalue weighted by Gasteiger charge is -2.36. The van der Waals surface area contributed by atoms with Crippen molar-refractivity contribution in [1.82, 2.24) is 10.2 Å². The summed E-state index contributed by atoms with van der Waals surface area (Å²) >= 11 is 0. The van der Waals surface area contributed by atoms with Crippen LogP contribution in [0.5, 0.6) is 0 Å². The van der Waals surface area contributed by atoms with E-state index in [9.17, 15) is 5.11 Å². The van der Waals surface area contributed by atoms with Crippen molar-refractivity contribution < 1.29 is 5.11 Å². The smallest absolute Gasteiger partial charge is 0.0628 e. The highest BCUT2D eigenvalue weighted by Crippen LogP contribution is 2.42. The first kappa shape index (κ1) is 11.9. The van der Waals surface area contributed by atoms with Gasteiger partial charge in [-0.25, -0.2) is 0 Å². The predicted molar refractivity (Wildman–Crippen MR) is 68.9 cm³/mol. The fourth-order valence-corrected chi connectivity index (χ4v) is 4.17. The van der Waals surface area contributed by atoms with Gasteiger partial charge in [0.05, 0.1) is 12.1 Å². The molecule has 2 N–H and O–H groups in total. The largest absolute Gasteiger partial charge is 0.394 e. The van der Waals surface area contributed by atoms with Gasteiger partial charge < -0.3 is 15.3 Å². The third-order valence-corrected chi connectivity index (χ3v) is 5.45. The summed E-state index contributed by atoms with van der Waals surface area (Å²) in [4.78, 5) is 2.61. The zero-order chi connectivity index (χ0) is 11.9. The van der Waals surface area contributed by atoms with Gasteiger partial charge in [0, 0.05) is 19.6 Å². The molecule has 3 nitrogen and oxygen atoms in total. The Kier molecular flexibility index (Phi) is 3.18.